The summed E-state index contributed by atoms with van der Waals surface area (Å²) in [5.74, 6) is 0.485. The molecule has 122 valence electrons. The van der Waals surface area contributed by atoms with Crippen molar-refractivity contribution in [2.24, 2.45) is 5.10 Å². The lowest BCUT2D eigenvalue weighted by molar-refractivity contribution is 0.0955. The van der Waals surface area contributed by atoms with Crippen molar-refractivity contribution in [2.45, 2.75) is 13.8 Å². The van der Waals surface area contributed by atoms with Crippen LogP contribution in [0.25, 0.3) is 10.9 Å². The third kappa shape index (κ3) is 3.30. The number of hydrazone groups is 1. The highest BCUT2D eigenvalue weighted by molar-refractivity contribution is 6.01. The molecule has 1 amide bonds. The number of nitrogens with zero attached hydrogens (tertiary/aromatic N) is 1. The van der Waals surface area contributed by atoms with Crippen molar-refractivity contribution in [2.75, 3.05) is 6.61 Å². The van der Waals surface area contributed by atoms with Gasteiger partial charge in [0.25, 0.3) is 5.91 Å². The number of para-hydroxylation sites is 1. The van der Waals surface area contributed by atoms with E-state index in [0.29, 0.717) is 12.2 Å². The number of aryl methyl sites for hydroxylation is 1. The summed E-state index contributed by atoms with van der Waals surface area (Å²) in [6.07, 6.45) is 1.67. The van der Waals surface area contributed by atoms with E-state index in [-0.39, 0.29) is 5.91 Å². The van der Waals surface area contributed by atoms with E-state index in [0.717, 1.165) is 27.9 Å². The fourth-order valence-electron chi connectivity index (χ4n) is 2.55. The van der Waals surface area contributed by atoms with Crippen LogP contribution in [-0.4, -0.2) is 23.7 Å². The Morgan fingerprint density at radius 2 is 1.96 bits per heavy atom. The number of H-pyrrole nitrogens is 1. The Morgan fingerprint density at radius 3 is 2.71 bits per heavy atom. The second-order valence-electron chi connectivity index (χ2n) is 5.37. The predicted octanol–water partition coefficient (Wildman–Crippen LogP) is 3.64. The number of hydrogen-bond donors (Lipinski definition) is 2. The van der Waals surface area contributed by atoms with Gasteiger partial charge in [0, 0.05) is 27.7 Å². The molecular weight excluding hydrogens is 302 g/mol. The lowest BCUT2D eigenvalue weighted by Gasteiger charge is -2.04. The average molecular weight is 321 g/mol. The molecule has 2 aromatic carbocycles. The van der Waals surface area contributed by atoms with Crippen molar-refractivity contribution < 1.29 is 9.53 Å². The van der Waals surface area contributed by atoms with Gasteiger partial charge in [-0.05, 0) is 44.2 Å². The molecule has 24 heavy (non-hydrogen) atoms. The van der Waals surface area contributed by atoms with Crippen LogP contribution in [0.5, 0.6) is 5.75 Å². The SMILES string of the molecule is CCOc1ccc(C(=O)N/N=C/c2c(C)[nH]c3ccccc23)cc1. The van der Waals surface area contributed by atoms with Crippen LogP contribution in [0.3, 0.4) is 0 Å². The molecule has 0 fully saturated rings. The number of amides is 1. The number of carbonyl (C=O) groups is 1. The number of rotatable bonds is 5. The second kappa shape index (κ2) is 7.00. The quantitative estimate of drug-likeness (QED) is 0.556. The number of aromatic nitrogens is 1. The monoisotopic (exact) mass is 321 g/mol. The molecule has 0 bridgehead atoms. The molecule has 0 unspecified atom stereocenters. The van der Waals surface area contributed by atoms with Gasteiger partial charge in [-0.25, -0.2) is 5.43 Å². The maximum atomic E-state index is 12.1. The molecule has 0 radical (unpaired) electrons. The van der Waals surface area contributed by atoms with Crippen LogP contribution >= 0.6 is 0 Å². The van der Waals surface area contributed by atoms with Gasteiger partial charge in [-0.3, -0.25) is 4.79 Å². The first-order chi connectivity index (χ1) is 11.7. The largest absolute Gasteiger partial charge is 0.494 e. The maximum absolute atomic E-state index is 12.1. The number of carbonyl (C=O) groups excluding carboxylic acids is 1. The number of benzene rings is 2. The zero-order valence-electron chi connectivity index (χ0n) is 13.7. The van der Waals surface area contributed by atoms with Crippen molar-refractivity contribution in [1.29, 1.82) is 0 Å². The third-order valence-electron chi connectivity index (χ3n) is 3.73. The van der Waals surface area contributed by atoms with E-state index >= 15 is 0 Å². The fourth-order valence-corrected chi connectivity index (χ4v) is 2.55. The number of hydrogen-bond acceptors (Lipinski definition) is 3. The van der Waals surface area contributed by atoms with Crippen molar-refractivity contribution in [3.63, 3.8) is 0 Å². The third-order valence-corrected chi connectivity index (χ3v) is 3.73. The van der Waals surface area contributed by atoms with Gasteiger partial charge in [-0.15, -0.1) is 0 Å². The van der Waals surface area contributed by atoms with E-state index in [1.165, 1.54) is 0 Å². The Labute approximate surface area is 140 Å². The van der Waals surface area contributed by atoms with Gasteiger partial charge in [-0.2, -0.15) is 5.10 Å². The highest BCUT2D eigenvalue weighted by atomic mass is 16.5. The summed E-state index contributed by atoms with van der Waals surface area (Å²) < 4.78 is 5.36. The summed E-state index contributed by atoms with van der Waals surface area (Å²) in [6, 6.07) is 15.0. The Hall–Kier alpha value is -3.08. The van der Waals surface area contributed by atoms with Gasteiger partial charge in [0.15, 0.2) is 0 Å². The summed E-state index contributed by atoms with van der Waals surface area (Å²) in [5, 5.41) is 5.16. The summed E-state index contributed by atoms with van der Waals surface area (Å²) >= 11 is 0. The van der Waals surface area contributed by atoms with E-state index in [1.54, 1.807) is 30.5 Å². The maximum Gasteiger partial charge on any atom is 0.271 e. The summed E-state index contributed by atoms with van der Waals surface area (Å²) in [7, 11) is 0. The van der Waals surface area contributed by atoms with Gasteiger partial charge in [0.05, 0.1) is 12.8 Å². The molecular formula is C19H19N3O2. The predicted molar refractivity (Wildman–Crippen MR) is 95.7 cm³/mol. The first-order valence-corrected chi connectivity index (χ1v) is 7.82. The summed E-state index contributed by atoms with van der Waals surface area (Å²) in [5.41, 5.74) is 6.12. The van der Waals surface area contributed by atoms with E-state index in [2.05, 4.69) is 15.5 Å². The van der Waals surface area contributed by atoms with E-state index in [9.17, 15) is 4.79 Å². The standard InChI is InChI=1S/C19H19N3O2/c1-3-24-15-10-8-14(9-11-15)19(23)22-20-12-17-13(2)21-18-7-5-4-6-16(17)18/h4-12,21H,3H2,1-2H3,(H,22,23)/b20-12+. The molecule has 5 heteroatoms. The Kier molecular flexibility index (Phi) is 4.61. The van der Waals surface area contributed by atoms with E-state index < -0.39 is 0 Å². The van der Waals surface area contributed by atoms with Gasteiger partial charge >= 0.3 is 0 Å². The highest BCUT2D eigenvalue weighted by Crippen LogP contribution is 2.19. The lowest BCUT2D eigenvalue weighted by atomic mass is 10.1. The smallest absolute Gasteiger partial charge is 0.271 e. The van der Waals surface area contributed by atoms with Crippen LogP contribution in [0.15, 0.2) is 53.6 Å². The molecule has 3 aromatic rings. The number of aromatic amines is 1. The molecule has 3 rings (SSSR count). The molecule has 2 N–H and O–H groups in total. The fraction of sp³-hybridized carbons (Fsp3) is 0.158. The number of nitrogens with one attached hydrogen (secondary N) is 2. The molecule has 0 aliphatic heterocycles. The molecule has 0 saturated carbocycles. The summed E-state index contributed by atoms with van der Waals surface area (Å²) in [6.45, 7) is 4.50. The number of fused-ring (bicyclic) bond motifs is 1. The van der Waals surface area contributed by atoms with Crippen LogP contribution in [-0.2, 0) is 0 Å². The Balaban J connectivity index is 1.71. The van der Waals surface area contributed by atoms with Crippen molar-refractivity contribution >= 4 is 23.0 Å². The van der Waals surface area contributed by atoms with Crippen LogP contribution in [0, 0.1) is 6.92 Å². The van der Waals surface area contributed by atoms with Crippen molar-refractivity contribution in [3.8, 4) is 5.75 Å². The second-order valence-corrected chi connectivity index (χ2v) is 5.37. The minimum absolute atomic E-state index is 0.258. The first-order valence-electron chi connectivity index (χ1n) is 7.82. The topological polar surface area (TPSA) is 66.5 Å². The van der Waals surface area contributed by atoms with Gasteiger partial charge in [-0.1, -0.05) is 18.2 Å². The minimum atomic E-state index is -0.258. The normalized spacial score (nSPS) is 11.1. The first kappa shape index (κ1) is 15.8. The van der Waals surface area contributed by atoms with Gasteiger partial charge in [0.2, 0.25) is 0 Å². The number of ether oxygens (including phenoxy) is 1. The average Bonchev–Trinajstić information content (AvgIpc) is 2.91. The van der Waals surface area contributed by atoms with Crippen LogP contribution < -0.4 is 10.2 Å². The molecule has 5 nitrogen and oxygen atoms in total. The Bertz CT molecular complexity index is 879. The Morgan fingerprint density at radius 1 is 1.21 bits per heavy atom. The van der Waals surface area contributed by atoms with Gasteiger partial charge in [0.1, 0.15) is 5.75 Å². The lowest BCUT2D eigenvalue weighted by Crippen LogP contribution is -2.17. The highest BCUT2D eigenvalue weighted by Gasteiger charge is 2.07. The molecule has 1 heterocycles. The molecule has 0 spiro atoms. The van der Waals surface area contributed by atoms with Crippen LogP contribution in [0.2, 0.25) is 0 Å². The molecule has 0 aliphatic rings. The van der Waals surface area contributed by atoms with Crippen LogP contribution in [0.4, 0.5) is 0 Å². The minimum Gasteiger partial charge on any atom is -0.494 e. The molecule has 1 aromatic heterocycles. The molecule has 0 atom stereocenters. The molecule has 0 aliphatic carbocycles. The van der Waals surface area contributed by atoms with E-state index in [4.69, 9.17) is 4.74 Å². The van der Waals surface area contributed by atoms with Crippen molar-refractivity contribution in [3.05, 3.63) is 65.4 Å². The van der Waals surface area contributed by atoms with Crippen LogP contribution in [0.1, 0.15) is 28.5 Å². The zero-order valence-corrected chi connectivity index (χ0v) is 13.7. The zero-order chi connectivity index (χ0) is 16.9. The van der Waals surface area contributed by atoms with E-state index in [1.807, 2.05) is 38.1 Å². The van der Waals surface area contributed by atoms with Crippen molar-refractivity contribution in [1.82, 2.24) is 10.4 Å². The van der Waals surface area contributed by atoms with Gasteiger partial charge < -0.3 is 9.72 Å². The molecule has 0 saturated heterocycles. The summed E-state index contributed by atoms with van der Waals surface area (Å²) in [4.78, 5) is 15.4.